The lowest BCUT2D eigenvalue weighted by Gasteiger charge is -2.31. The molecule has 0 aliphatic carbocycles. The summed E-state index contributed by atoms with van der Waals surface area (Å²) >= 11 is 0. The number of phosphoric ester groups is 1. The van der Waals surface area contributed by atoms with Gasteiger partial charge in [-0.25, -0.2) is 4.57 Å². The molecular weight excluding hydrogens is 1210 g/mol. The van der Waals surface area contributed by atoms with Gasteiger partial charge in [-0.05, 0) is 81.4 Å². The Bertz CT molecular complexity index is 2910. The average molecular weight is 1290 g/mol. The lowest BCUT2D eigenvalue weighted by Crippen LogP contribution is -2.60. The summed E-state index contributed by atoms with van der Waals surface area (Å²) in [6, 6.07) is -8.99. The third kappa shape index (κ3) is 26.2. The average Bonchev–Trinajstić information content (AvgIpc) is 1.67. The quantitative estimate of drug-likeness (QED) is 0.0274. The highest BCUT2D eigenvalue weighted by Gasteiger charge is 2.42. The van der Waals surface area contributed by atoms with E-state index in [0.717, 1.165) is 28.9 Å². The molecule has 2 aliphatic heterocycles. The van der Waals surface area contributed by atoms with Crippen LogP contribution < -0.4 is 75.7 Å². The van der Waals surface area contributed by atoms with E-state index in [1.54, 1.807) is 13.8 Å². The summed E-state index contributed by atoms with van der Waals surface area (Å²) in [6.07, 6.45) is -4.64. The van der Waals surface area contributed by atoms with E-state index < -0.39 is 221 Å². The molecule has 2 saturated heterocycles. The van der Waals surface area contributed by atoms with Crippen molar-refractivity contribution in [2.45, 2.75) is 171 Å². The number of carboxylic acid groups (broad SMARTS) is 1. The Hall–Kier alpha value is -9.31. The van der Waals surface area contributed by atoms with Gasteiger partial charge in [-0.2, -0.15) is 0 Å². The first-order valence-electron chi connectivity index (χ1n) is 28.5. The minimum Gasteiger partial charge on any atom is -0.481 e. The largest absolute Gasteiger partial charge is 0.524 e. The molecule has 0 spiro atoms. The summed E-state index contributed by atoms with van der Waals surface area (Å²) < 4.78 is 16.1. The van der Waals surface area contributed by atoms with E-state index in [1.807, 2.05) is 0 Å². The Morgan fingerprint density at radius 1 is 0.556 bits per heavy atom. The van der Waals surface area contributed by atoms with E-state index in [-0.39, 0.29) is 68.8 Å². The zero-order valence-corrected chi connectivity index (χ0v) is 50.6. The second-order valence-electron chi connectivity index (χ2n) is 21.9. The molecule has 0 saturated carbocycles. The van der Waals surface area contributed by atoms with Gasteiger partial charge in [-0.1, -0.05) is 26.0 Å². The molecule has 498 valence electrons. The van der Waals surface area contributed by atoms with E-state index in [0.29, 0.717) is 0 Å². The molecule has 21 N–H and O–H groups in total. The summed E-state index contributed by atoms with van der Waals surface area (Å²) in [5.41, 5.74) is 27.1. The molecule has 1 aromatic rings. The smallest absolute Gasteiger partial charge is 0.481 e. The standard InChI is InChI=1S/C53H80N15O21P/c1-26(2)22-34(45(58)77)64-49(81)36(24-42(57)73)66-46(78)30(12-16-39(54)70)61-43(74)25-59-50(82)37-6-4-20-67(37)53(85)33(14-18-41(56)72)63-48(80)35(23-28-8-10-29(11-9-28)89-90(86,87)88)65-47(79)31(13-17-40(55)71)62-51(83)38-7-5-21-68(38)52(84)32(60-27(3)69)15-19-44(75)76/h8-11,26,30-38H,4-7,12-25H2,1-3H3,(H2,54,70)(H2,55,71)(H2,56,72)(H2,57,73)(H2,58,77)(H,59,82)(H,60,69)(H,61,74)(H,62,83)(H,63,80)(H,64,81)(H,65,79)(H,66,78)(H,75,76)(H2,86,87,88)/t30-,31-,32-,33-,34-,35-,36-,37-,38-/m0/s1. The van der Waals surface area contributed by atoms with Gasteiger partial charge >= 0.3 is 13.8 Å². The van der Waals surface area contributed by atoms with Gasteiger partial charge in [0.2, 0.25) is 88.6 Å². The maximum Gasteiger partial charge on any atom is 0.524 e. The molecule has 1 aromatic carbocycles. The number of hydrogen-bond acceptors (Lipinski definition) is 18. The van der Waals surface area contributed by atoms with E-state index in [1.165, 1.54) is 12.1 Å². The van der Waals surface area contributed by atoms with Gasteiger partial charge in [0.25, 0.3) is 0 Å². The number of nitrogens with zero attached hydrogens (tertiary/aromatic N) is 2. The van der Waals surface area contributed by atoms with Crippen molar-refractivity contribution in [2.75, 3.05) is 19.6 Å². The minimum atomic E-state index is -5.05. The lowest BCUT2D eigenvalue weighted by molar-refractivity contribution is -0.143. The van der Waals surface area contributed by atoms with E-state index >= 15 is 0 Å². The molecule has 2 fully saturated rings. The number of rotatable bonds is 38. The highest BCUT2D eigenvalue weighted by molar-refractivity contribution is 7.46. The van der Waals surface area contributed by atoms with Crippen LogP contribution in [0.1, 0.15) is 116 Å². The molecule has 15 amide bonds. The van der Waals surface area contributed by atoms with Crippen LogP contribution in [-0.4, -0.2) is 193 Å². The van der Waals surface area contributed by atoms with Gasteiger partial charge in [-0.3, -0.25) is 86.5 Å². The summed E-state index contributed by atoms with van der Waals surface area (Å²) in [7, 11) is -5.05. The fraction of sp³-hybridized carbons (Fsp3) is 0.585. The summed E-state index contributed by atoms with van der Waals surface area (Å²) in [6.45, 7) is 3.54. The molecule has 90 heavy (non-hydrogen) atoms. The Morgan fingerprint density at radius 3 is 1.46 bits per heavy atom. The van der Waals surface area contributed by atoms with Crippen LogP contribution in [0.15, 0.2) is 24.3 Å². The molecule has 0 unspecified atom stereocenters. The first-order valence-corrected chi connectivity index (χ1v) is 30.0. The van der Waals surface area contributed by atoms with Crippen molar-refractivity contribution in [3.8, 4) is 5.75 Å². The SMILES string of the molecule is CC(=O)N[C@@H](CCC(=O)O)C(=O)N1CCC[C@H]1C(=O)N[C@@H](CCC(N)=O)C(=O)N[C@@H](Cc1ccc(OP(=O)(O)O)cc1)C(=O)N[C@@H](CCC(N)=O)C(=O)N1CCC[C@H]1C(=O)NCC(=O)N[C@@H](CCC(N)=O)C(=O)N[C@@H](CC(N)=O)C(=O)N[C@@H](CC(C)C)C(N)=O. The molecule has 3 rings (SSSR count). The lowest BCUT2D eigenvalue weighted by atomic mass is 10.0. The summed E-state index contributed by atoms with van der Waals surface area (Å²) in [5.74, 6) is -16.3. The van der Waals surface area contributed by atoms with Crippen molar-refractivity contribution in [1.29, 1.82) is 0 Å². The number of amides is 15. The van der Waals surface area contributed by atoms with Crippen LogP contribution in [0.25, 0.3) is 0 Å². The number of benzene rings is 1. The number of aliphatic carboxylic acids is 1. The monoisotopic (exact) mass is 1290 g/mol. The number of hydrogen-bond donors (Lipinski definition) is 16. The highest BCUT2D eigenvalue weighted by Crippen LogP contribution is 2.37. The zero-order valence-electron chi connectivity index (χ0n) is 49.7. The normalized spacial score (nSPS) is 16.9. The predicted octanol–water partition coefficient (Wildman–Crippen LogP) is -6.72. The molecule has 0 aromatic heterocycles. The third-order valence-electron chi connectivity index (χ3n) is 14.0. The maximum atomic E-state index is 14.6. The van der Waals surface area contributed by atoms with E-state index in [2.05, 4.69) is 47.1 Å². The first-order chi connectivity index (χ1) is 42.0. The topological polar surface area (TPSA) is 593 Å². The van der Waals surface area contributed by atoms with Gasteiger partial charge in [0.1, 0.15) is 60.1 Å². The van der Waals surface area contributed by atoms with Crippen LogP contribution in [0.5, 0.6) is 5.75 Å². The second-order valence-corrected chi connectivity index (χ2v) is 23.0. The van der Waals surface area contributed by atoms with Gasteiger partial charge in [-0.15, -0.1) is 0 Å². The minimum absolute atomic E-state index is 0.0207. The van der Waals surface area contributed by atoms with Gasteiger partial charge < -0.3 is 90.6 Å². The van der Waals surface area contributed by atoms with Crippen molar-refractivity contribution in [3.05, 3.63) is 29.8 Å². The highest BCUT2D eigenvalue weighted by atomic mass is 31.2. The summed E-state index contributed by atoms with van der Waals surface area (Å²) in [5, 5.41) is 28.3. The number of likely N-dealkylation sites (tertiary alicyclic amines) is 2. The van der Waals surface area contributed by atoms with Crippen molar-refractivity contribution < 1.29 is 101 Å². The van der Waals surface area contributed by atoms with Crippen molar-refractivity contribution in [3.63, 3.8) is 0 Å². The fourth-order valence-electron chi connectivity index (χ4n) is 9.72. The van der Waals surface area contributed by atoms with E-state index in [4.69, 9.17) is 28.7 Å². The number of carbonyl (C=O) groups excluding carboxylic acids is 15. The van der Waals surface area contributed by atoms with E-state index in [9.17, 15) is 96.2 Å². The molecule has 2 aliphatic rings. The van der Waals surface area contributed by atoms with Gasteiger partial charge in [0, 0.05) is 52.1 Å². The van der Waals surface area contributed by atoms with Crippen LogP contribution in [0.3, 0.4) is 0 Å². The zero-order chi connectivity index (χ0) is 67.7. The molecule has 36 nitrogen and oxygen atoms in total. The maximum absolute atomic E-state index is 14.6. The van der Waals surface area contributed by atoms with Crippen LogP contribution in [-0.2, 0) is 87.7 Å². The number of carboxylic acids is 1. The number of phosphoric acid groups is 1. The number of nitrogens with one attached hydrogen (secondary N) is 8. The molecule has 0 radical (unpaired) electrons. The Labute approximate surface area is 515 Å². The van der Waals surface area contributed by atoms with Crippen molar-refractivity contribution >= 4 is 102 Å². The Kier molecular flexibility index (Phi) is 29.7. The predicted molar refractivity (Wildman–Crippen MR) is 309 cm³/mol. The van der Waals surface area contributed by atoms with Crippen LogP contribution >= 0.6 is 7.82 Å². The molecule has 2 heterocycles. The van der Waals surface area contributed by atoms with Crippen molar-refractivity contribution in [2.24, 2.45) is 34.6 Å². The van der Waals surface area contributed by atoms with Crippen LogP contribution in [0, 0.1) is 5.92 Å². The van der Waals surface area contributed by atoms with Crippen LogP contribution in [0.2, 0.25) is 0 Å². The Morgan fingerprint density at radius 2 is 0.989 bits per heavy atom. The Balaban J connectivity index is 1.92. The number of nitrogens with two attached hydrogens (primary N) is 5. The number of primary amides is 5. The van der Waals surface area contributed by atoms with Gasteiger partial charge in [0.15, 0.2) is 0 Å². The van der Waals surface area contributed by atoms with Crippen LogP contribution in [0.4, 0.5) is 0 Å². The van der Waals surface area contributed by atoms with Crippen molar-refractivity contribution in [1.82, 2.24) is 52.3 Å². The number of carbonyl (C=O) groups is 16. The third-order valence-corrected chi connectivity index (χ3v) is 14.4. The molecular formula is C53H80N15O21P. The van der Waals surface area contributed by atoms with Gasteiger partial charge in [0.05, 0.1) is 13.0 Å². The summed E-state index contributed by atoms with van der Waals surface area (Å²) in [4.78, 5) is 230. The molecule has 9 atom stereocenters. The molecule has 37 heteroatoms. The second kappa shape index (κ2) is 35.6. The molecule has 0 bridgehead atoms. The first kappa shape index (κ1) is 74.9. The fourth-order valence-corrected chi connectivity index (χ4v) is 10.1.